The summed E-state index contributed by atoms with van der Waals surface area (Å²) in [6, 6.07) is 18.5. The first-order valence-electron chi connectivity index (χ1n) is 11.8. The third kappa shape index (κ3) is 6.08. The van der Waals surface area contributed by atoms with E-state index < -0.39 is 28.3 Å². The molecule has 0 aliphatic carbocycles. The number of hydrogen-bond acceptors (Lipinski definition) is 5. The fourth-order valence-corrected chi connectivity index (χ4v) is 5.60. The number of likely N-dealkylation sites (tertiary alicyclic amines) is 1. The van der Waals surface area contributed by atoms with E-state index in [0.29, 0.717) is 25.3 Å². The summed E-state index contributed by atoms with van der Waals surface area (Å²) in [6.07, 6.45) is 1.36. The third-order valence-electron chi connectivity index (χ3n) is 6.18. The van der Waals surface area contributed by atoms with Crippen LogP contribution in [-0.2, 0) is 32.7 Å². The highest BCUT2D eigenvalue weighted by Crippen LogP contribution is 2.27. The van der Waals surface area contributed by atoms with Gasteiger partial charge in [-0.2, -0.15) is 0 Å². The maximum Gasteiger partial charge on any atom is 0.264 e. The number of amides is 2. The van der Waals surface area contributed by atoms with Gasteiger partial charge in [-0.05, 0) is 53.9 Å². The van der Waals surface area contributed by atoms with Crippen molar-refractivity contribution in [2.45, 2.75) is 30.8 Å². The molecule has 3 aromatic rings. The molecular weight excluding hydrogens is 497 g/mol. The van der Waals surface area contributed by atoms with Crippen molar-refractivity contribution in [1.29, 1.82) is 0 Å². The molecule has 37 heavy (non-hydrogen) atoms. The minimum Gasteiger partial charge on any atom is -0.497 e. The number of hydrogen-bond donors (Lipinski definition) is 1. The monoisotopic (exact) mass is 525 g/mol. The quantitative estimate of drug-likeness (QED) is 0.437. The highest BCUT2D eigenvalue weighted by Gasteiger charge is 2.29. The van der Waals surface area contributed by atoms with Gasteiger partial charge in [0.2, 0.25) is 11.8 Å². The number of anilines is 1. The summed E-state index contributed by atoms with van der Waals surface area (Å²) in [7, 11) is -2.82. The molecule has 10 heteroatoms. The summed E-state index contributed by atoms with van der Waals surface area (Å²) in [4.78, 5) is 26.7. The molecule has 0 bridgehead atoms. The molecule has 0 aromatic heterocycles. The molecule has 0 saturated carbocycles. The summed E-state index contributed by atoms with van der Waals surface area (Å²) in [6.45, 7) is 0.644. The minimum absolute atomic E-state index is 0.100. The van der Waals surface area contributed by atoms with Gasteiger partial charge in [0.05, 0.1) is 17.7 Å². The number of rotatable bonds is 10. The predicted octanol–water partition coefficient (Wildman–Crippen LogP) is 3.47. The smallest absolute Gasteiger partial charge is 0.264 e. The lowest BCUT2D eigenvalue weighted by Crippen LogP contribution is -2.41. The maximum atomic E-state index is 14.7. The van der Waals surface area contributed by atoms with Crippen molar-refractivity contribution in [2.24, 2.45) is 0 Å². The molecule has 3 aromatic carbocycles. The Labute approximate surface area is 215 Å². The van der Waals surface area contributed by atoms with Crippen LogP contribution in [-0.4, -0.2) is 45.3 Å². The average molecular weight is 526 g/mol. The first-order valence-corrected chi connectivity index (χ1v) is 13.3. The summed E-state index contributed by atoms with van der Waals surface area (Å²) in [5.41, 5.74) is 1.47. The molecule has 1 heterocycles. The lowest BCUT2D eigenvalue weighted by Gasteiger charge is -2.25. The van der Waals surface area contributed by atoms with Crippen molar-refractivity contribution in [1.82, 2.24) is 10.2 Å². The largest absolute Gasteiger partial charge is 0.497 e. The van der Waals surface area contributed by atoms with E-state index in [1.165, 1.54) is 49.6 Å². The van der Waals surface area contributed by atoms with E-state index in [2.05, 4.69) is 5.32 Å². The molecule has 194 valence electrons. The molecule has 2 amide bonds. The van der Waals surface area contributed by atoms with E-state index in [-0.39, 0.29) is 23.0 Å². The Morgan fingerprint density at radius 3 is 2.35 bits per heavy atom. The molecule has 1 N–H and O–H groups in total. The highest BCUT2D eigenvalue weighted by molar-refractivity contribution is 7.92. The lowest BCUT2D eigenvalue weighted by molar-refractivity contribution is -0.128. The molecule has 0 spiro atoms. The van der Waals surface area contributed by atoms with Crippen molar-refractivity contribution in [3.63, 3.8) is 0 Å². The number of nitrogens with zero attached hydrogens (tertiary/aromatic N) is 2. The Balaban J connectivity index is 1.53. The molecular formula is C27H28FN3O5S. The molecule has 8 nitrogen and oxygen atoms in total. The number of para-hydroxylation sites is 1. The normalized spacial score (nSPS) is 13.5. The fraction of sp³-hybridized carbons (Fsp3) is 0.259. The zero-order chi connectivity index (χ0) is 26.4. The van der Waals surface area contributed by atoms with Gasteiger partial charge in [0, 0.05) is 26.1 Å². The van der Waals surface area contributed by atoms with E-state index >= 15 is 0 Å². The molecule has 0 unspecified atom stereocenters. The van der Waals surface area contributed by atoms with Crippen molar-refractivity contribution in [3.05, 3.63) is 89.7 Å². The molecule has 0 radical (unpaired) electrons. The first-order chi connectivity index (χ1) is 17.8. The van der Waals surface area contributed by atoms with Crippen LogP contribution in [0.4, 0.5) is 10.1 Å². The summed E-state index contributed by atoms with van der Waals surface area (Å²) >= 11 is 0. The number of methoxy groups -OCH3 is 1. The van der Waals surface area contributed by atoms with E-state index in [1.54, 1.807) is 4.90 Å². The number of sulfonamides is 1. The molecule has 0 atom stereocenters. The van der Waals surface area contributed by atoms with Gasteiger partial charge in [-0.3, -0.25) is 13.9 Å². The highest BCUT2D eigenvalue weighted by atomic mass is 32.2. The zero-order valence-electron chi connectivity index (χ0n) is 20.4. The number of benzene rings is 3. The molecule has 1 saturated heterocycles. The van der Waals surface area contributed by atoms with Crippen LogP contribution in [0.2, 0.25) is 0 Å². The van der Waals surface area contributed by atoms with Crippen molar-refractivity contribution < 1.29 is 27.1 Å². The molecule has 1 aliphatic rings. The van der Waals surface area contributed by atoms with E-state index in [0.717, 1.165) is 27.9 Å². The summed E-state index contributed by atoms with van der Waals surface area (Å²) in [5.74, 6) is -0.813. The van der Waals surface area contributed by atoms with Crippen LogP contribution in [0.15, 0.2) is 77.7 Å². The fourth-order valence-electron chi connectivity index (χ4n) is 4.17. The van der Waals surface area contributed by atoms with Crippen LogP contribution in [0.1, 0.15) is 24.0 Å². The Hall–Kier alpha value is -3.92. The van der Waals surface area contributed by atoms with Crippen LogP contribution < -0.4 is 14.4 Å². The lowest BCUT2D eigenvalue weighted by atomic mass is 10.1. The van der Waals surface area contributed by atoms with Gasteiger partial charge >= 0.3 is 0 Å². The van der Waals surface area contributed by atoms with Crippen LogP contribution in [0.25, 0.3) is 0 Å². The second-order valence-corrected chi connectivity index (χ2v) is 10.5. The van der Waals surface area contributed by atoms with Gasteiger partial charge in [-0.25, -0.2) is 12.8 Å². The molecule has 4 rings (SSSR count). The van der Waals surface area contributed by atoms with Gasteiger partial charge in [0.25, 0.3) is 10.0 Å². The Morgan fingerprint density at radius 1 is 1.03 bits per heavy atom. The predicted molar refractivity (Wildman–Crippen MR) is 137 cm³/mol. The average Bonchev–Trinajstić information content (AvgIpc) is 3.31. The topological polar surface area (TPSA) is 96.0 Å². The van der Waals surface area contributed by atoms with Gasteiger partial charge in [0.1, 0.15) is 18.1 Å². The van der Waals surface area contributed by atoms with Crippen molar-refractivity contribution in [2.75, 3.05) is 24.5 Å². The third-order valence-corrected chi connectivity index (χ3v) is 7.96. The number of ether oxygens (including phenoxy) is 1. The number of nitrogens with one attached hydrogen (secondary N) is 1. The number of halogens is 1. The van der Waals surface area contributed by atoms with Crippen LogP contribution in [0, 0.1) is 5.82 Å². The minimum atomic E-state index is -4.28. The van der Waals surface area contributed by atoms with E-state index in [4.69, 9.17) is 4.74 Å². The van der Waals surface area contributed by atoms with Crippen LogP contribution >= 0.6 is 0 Å². The zero-order valence-corrected chi connectivity index (χ0v) is 21.2. The standard InChI is InChI=1S/C27H28FN3O5S/c1-36-22-12-14-23(15-13-22)37(34,35)31(25-10-5-4-9-24(25)28)19-26(32)29-17-20-7-2-3-8-21(20)18-30-16-6-11-27(30)33/h2-5,7-10,12-15H,6,11,16-19H2,1H3,(H,29,32). The van der Waals surface area contributed by atoms with Crippen molar-refractivity contribution >= 4 is 27.5 Å². The second-order valence-electron chi connectivity index (χ2n) is 8.60. The van der Waals surface area contributed by atoms with Gasteiger partial charge in [-0.15, -0.1) is 0 Å². The van der Waals surface area contributed by atoms with Crippen molar-refractivity contribution in [3.8, 4) is 5.75 Å². The van der Waals surface area contributed by atoms with E-state index in [1.807, 2.05) is 24.3 Å². The number of carbonyl (C=O) groups excluding carboxylic acids is 2. The molecule has 1 aliphatic heterocycles. The second kappa shape index (κ2) is 11.4. The maximum absolute atomic E-state index is 14.7. The van der Waals surface area contributed by atoms with Gasteiger partial charge < -0.3 is 15.0 Å². The summed E-state index contributed by atoms with van der Waals surface area (Å²) < 4.78 is 47.5. The number of carbonyl (C=O) groups is 2. The van der Waals surface area contributed by atoms with E-state index in [9.17, 15) is 22.4 Å². The molecule has 1 fully saturated rings. The SMILES string of the molecule is COc1ccc(S(=O)(=O)N(CC(=O)NCc2ccccc2CN2CCCC2=O)c2ccccc2F)cc1. The Bertz CT molecular complexity index is 1380. The summed E-state index contributed by atoms with van der Waals surface area (Å²) in [5, 5.41) is 2.75. The van der Waals surface area contributed by atoms with Crippen LogP contribution in [0.5, 0.6) is 5.75 Å². The van der Waals surface area contributed by atoms with Gasteiger partial charge in [-0.1, -0.05) is 36.4 Å². The van der Waals surface area contributed by atoms with Gasteiger partial charge in [0.15, 0.2) is 0 Å². The van der Waals surface area contributed by atoms with Crippen LogP contribution in [0.3, 0.4) is 0 Å². The Morgan fingerprint density at radius 2 is 1.70 bits per heavy atom. The Kier molecular flexibility index (Phi) is 8.08. The first kappa shape index (κ1) is 26.2.